The first-order chi connectivity index (χ1) is 31.0. The van der Waals surface area contributed by atoms with Crippen LogP contribution in [0.2, 0.25) is 0 Å². The van der Waals surface area contributed by atoms with Crippen LogP contribution in [0.5, 0.6) is 5.75 Å². The summed E-state index contributed by atoms with van der Waals surface area (Å²) in [6.07, 6.45) is -4.91. The Bertz CT molecular complexity index is 2690. The summed E-state index contributed by atoms with van der Waals surface area (Å²) in [6.45, 7) is 0. The van der Waals surface area contributed by atoms with Crippen LogP contribution in [0, 0.1) is 116 Å². The number of hydrogen-bond acceptors (Lipinski definition) is 1. The minimum Gasteiger partial charge on any atom is -0.497 e. The van der Waals surface area contributed by atoms with Gasteiger partial charge in [0.2, 0.25) is 0 Å². The molecule has 7 rings (SSSR count). The number of fused-ring (bicyclic) bond motifs is 1. The molecule has 346 valence electrons. The molecule has 0 bridgehead atoms. The van der Waals surface area contributed by atoms with E-state index in [0.29, 0.717) is 0 Å². The third kappa shape index (κ3) is 7.83. The van der Waals surface area contributed by atoms with Crippen molar-refractivity contribution >= 4 is 49.7 Å². The zero-order chi connectivity index (χ0) is 49.0. The molecule has 0 amide bonds. The molecular weight excluding hydrogens is 955 g/mol. The molecule has 66 heavy (non-hydrogen) atoms. The summed E-state index contributed by atoms with van der Waals surface area (Å²) < 4.78 is 299. The Morgan fingerprint density at radius 2 is 0.652 bits per heavy atom. The molecule has 1 atom stereocenters. The van der Waals surface area contributed by atoms with E-state index in [-0.39, 0.29) is 10.9 Å². The molecule has 0 saturated heterocycles. The van der Waals surface area contributed by atoms with Crippen LogP contribution < -0.4 is 26.6 Å². The van der Waals surface area contributed by atoms with E-state index in [1.807, 2.05) is 12.1 Å². The van der Waals surface area contributed by atoms with E-state index < -0.39 is 144 Å². The normalized spacial score (nSPS) is 12.1. The fourth-order valence-electron chi connectivity index (χ4n) is 7.34. The molecule has 1 nitrogen and oxygen atoms in total. The topological polar surface area (TPSA) is 9.23 Å². The SMILES string of the molecule is COc1ccc([S+](C)Cc2ccc3ccccc3c2)cc1.Fc1c(F)c(F)c([B-](c2c(F)c(F)c(F)c(F)c2F)(c2c(F)c(F)c(F)c(F)c2F)c2c(F)c(F)c(F)c(F)c2F)c(F)c1F. The van der Waals surface area contributed by atoms with Crippen molar-refractivity contribution in [1.29, 1.82) is 0 Å². The van der Waals surface area contributed by atoms with Gasteiger partial charge in [-0.05, 0) is 41.1 Å². The molecule has 0 spiro atoms. The molecule has 0 heterocycles. The number of rotatable bonds is 8. The Kier molecular flexibility index (Phi) is 13.7. The first kappa shape index (κ1) is 49.1. The minimum atomic E-state index is -7.22. The van der Waals surface area contributed by atoms with E-state index in [4.69, 9.17) is 4.74 Å². The zero-order valence-corrected chi connectivity index (χ0v) is 33.3. The van der Waals surface area contributed by atoms with E-state index >= 15 is 35.1 Å². The van der Waals surface area contributed by atoms with Gasteiger partial charge in [0, 0.05) is 16.5 Å². The molecule has 0 fully saturated rings. The van der Waals surface area contributed by atoms with Crippen molar-refractivity contribution in [2.75, 3.05) is 13.4 Å². The van der Waals surface area contributed by atoms with Crippen molar-refractivity contribution < 1.29 is 92.5 Å². The molecule has 0 saturated carbocycles. The first-order valence-electron chi connectivity index (χ1n) is 17.9. The maximum absolute atomic E-state index is 15.4. The zero-order valence-electron chi connectivity index (χ0n) is 32.5. The maximum Gasteiger partial charge on any atom is 0.200 e. The standard InChI is InChI=1S/C24BF20.C19H19OS/c26-5-1(6(27)14(35)21(42)13(5)34)25(2-7(28)15(36)22(43)16(37)8(2)29,3-9(30)17(38)23(44)18(39)10(3)31)4-11(32)19(40)24(45)20(41)12(4)33;1-20-18-9-11-19(12-10-18)21(2)14-15-7-8-16-5-3-4-6-17(16)13-15/h;3-13H,14H2,1-2H3/q-1;+1. The third-order valence-corrected chi connectivity index (χ3v) is 12.2. The highest BCUT2D eigenvalue weighted by Crippen LogP contribution is 2.31. The first-order valence-corrected chi connectivity index (χ1v) is 19.7. The molecule has 0 aliphatic rings. The molecule has 0 radical (unpaired) electrons. The minimum absolute atomic E-state index is 0.207. The smallest absolute Gasteiger partial charge is 0.200 e. The van der Waals surface area contributed by atoms with Crippen molar-refractivity contribution in [2.24, 2.45) is 0 Å². The van der Waals surface area contributed by atoms with Gasteiger partial charge in [-0.2, -0.15) is 0 Å². The number of ether oxygens (including phenoxy) is 1. The highest BCUT2D eigenvalue weighted by molar-refractivity contribution is 7.95. The summed E-state index contributed by atoms with van der Waals surface area (Å²) in [4.78, 5) is 1.38. The summed E-state index contributed by atoms with van der Waals surface area (Å²) >= 11 is 0. The molecule has 0 aliphatic carbocycles. The molecule has 7 aromatic rings. The Balaban J connectivity index is 0.000000284. The highest BCUT2D eigenvalue weighted by atomic mass is 32.2. The van der Waals surface area contributed by atoms with Crippen LogP contribution >= 0.6 is 0 Å². The van der Waals surface area contributed by atoms with Crippen LogP contribution in [0.25, 0.3) is 10.8 Å². The van der Waals surface area contributed by atoms with E-state index in [0.717, 1.165) is 11.5 Å². The van der Waals surface area contributed by atoms with Crippen molar-refractivity contribution in [3.8, 4) is 5.75 Å². The fourth-order valence-corrected chi connectivity index (χ4v) is 8.79. The van der Waals surface area contributed by atoms with Crippen LogP contribution in [0.15, 0.2) is 71.6 Å². The van der Waals surface area contributed by atoms with Crippen LogP contribution in [-0.2, 0) is 16.6 Å². The van der Waals surface area contributed by atoms with Crippen molar-refractivity contribution in [2.45, 2.75) is 10.6 Å². The van der Waals surface area contributed by atoms with Crippen LogP contribution in [0.1, 0.15) is 5.56 Å². The summed E-state index contributed by atoms with van der Waals surface area (Å²) in [6, 6.07) is 23.7. The largest absolute Gasteiger partial charge is 0.497 e. The van der Waals surface area contributed by atoms with Crippen molar-refractivity contribution in [3.05, 3.63) is 189 Å². The lowest BCUT2D eigenvalue weighted by Crippen LogP contribution is -2.81. The number of hydrogen-bond donors (Lipinski definition) is 0. The lowest BCUT2D eigenvalue weighted by Gasteiger charge is -2.44. The monoisotopic (exact) mass is 974 g/mol. The van der Waals surface area contributed by atoms with E-state index in [1.165, 1.54) is 21.2 Å². The van der Waals surface area contributed by atoms with Crippen LogP contribution in [0.4, 0.5) is 87.8 Å². The van der Waals surface area contributed by atoms with Gasteiger partial charge in [0.1, 0.15) is 70.4 Å². The van der Waals surface area contributed by atoms with Gasteiger partial charge in [-0.3, -0.25) is 0 Å². The lowest BCUT2D eigenvalue weighted by atomic mass is 9.12. The molecule has 0 aliphatic heterocycles. The molecule has 23 heteroatoms. The lowest BCUT2D eigenvalue weighted by molar-refractivity contribution is 0.378. The Morgan fingerprint density at radius 3 is 0.955 bits per heavy atom. The molecule has 0 N–H and O–H groups in total. The summed E-state index contributed by atoms with van der Waals surface area (Å²) in [5.74, 6) is -69.4. The molecule has 0 aromatic heterocycles. The van der Waals surface area contributed by atoms with Crippen LogP contribution in [0.3, 0.4) is 0 Å². The summed E-state index contributed by atoms with van der Waals surface area (Å²) in [5, 5.41) is 2.63. The molecule has 7 aromatic carbocycles. The van der Waals surface area contributed by atoms with Crippen molar-refractivity contribution in [1.82, 2.24) is 0 Å². The predicted molar refractivity (Wildman–Crippen MR) is 201 cm³/mol. The Morgan fingerprint density at radius 1 is 0.364 bits per heavy atom. The van der Waals surface area contributed by atoms with Gasteiger partial charge in [0.05, 0.1) is 7.11 Å². The van der Waals surface area contributed by atoms with E-state index in [2.05, 4.69) is 60.9 Å². The highest BCUT2D eigenvalue weighted by Gasteiger charge is 2.52. The van der Waals surface area contributed by atoms with E-state index in [1.54, 1.807) is 7.11 Å². The number of halogens is 20. The Hall–Kier alpha value is -6.39. The average Bonchev–Trinajstić information content (AvgIpc) is 3.31. The second-order valence-electron chi connectivity index (χ2n) is 13.9. The number of methoxy groups -OCH3 is 1. The number of benzene rings is 7. The fraction of sp³-hybridized carbons (Fsp3) is 0.0698. The Labute approximate surface area is 360 Å². The van der Waals surface area contributed by atoms with Gasteiger partial charge in [-0.25, -0.2) is 87.8 Å². The third-order valence-electron chi connectivity index (χ3n) is 10.4. The second kappa shape index (κ2) is 18.5. The van der Waals surface area contributed by atoms with Gasteiger partial charge in [-0.1, -0.05) is 36.4 Å². The van der Waals surface area contributed by atoms with E-state index in [9.17, 15) is 52.7 Å². The summed E-state index contributed by atoms with van der Waals surface area (Å²) in [7, 11) is 1.91. The van der Waals surface area contributed by atoms with Gasteiger partial charge < -0.3 is 4.74 Å². The van der Waals surface area contributed by atoms with Crippen molar-refractivity contribution in [3.63, 3.8) is 0 Å². The quantitative estimate of drug-likeness (QED) is 0.0485. The maximum atomic E-state index is 15.4. The average molecular weight is 974 g/mol. The molecule has 1 unspecified atom stereocenters. The predicted octanol–water partition coefficient (Wildman–Crippen LogP) is 10.5. The van der Waals surface area contributed by atoms with Crippen LogP contribution in [-0.4, -0.2) is 19.5 Å². The second-order valence-corrected chi connectivity index (χ2v) is 16.0. The van der Waals surface area contributed by atoms with Gasteiger partial charge in [-0.15, -0.1) is 21.9 Å². The van der Waals surface area contributed by atoms with Gasteiger partial charge in [0.15, 0.2) is 74.7 Å². The van der Waals surface area contributed by atoms with Gasteiger partial charge in [0.25, 0.3) is 0 Å². The van der Waals surface area contributed by atoms with Gasteiger partial charge >= 0.3 is 0 Å². The molecular formula is C43H19BF20OS. The summed E-state index contributed by atoms with van der Waals surface area (Å²) in [5.41, 5.74) is -12.9.